The average Bonchev–Trinajstić information content (AvgIpc) is 2.31. The third-order valence-electron chi connectivity index (χ3n) is 2.88. The van der Waals surface area contributed by atoms with Crippen molar-refractivity contribution in [2.75, 3.05) is 13.7 Å². The highest BCUT2D eigenvalue weighted by atomic mass is 16.5. The Morgan fingerprint density at radius 2 is 1.89 bits per heavy atom. The maximum absolute atomic E-state index is 11.9. The molecular weight excluding hydrogens is 234 g/mol. The van der Waals surface area contributed by atoms with E-state index in [1.807, 2.05) is 20.8 Å². The summed E-state index contributed by atoms with van der Waals surface area (Å²) in [4.78, 5) is 22.3. The fourth-order valence-corrected chi connectivity index (χ4v) is 1.86. The first kappa shape index (κ1) is 14.0. The molecule has 0 spiro atoms. The van der Waals surface area contributed by atoms with Gasteiger partial charge in [0.25, 0.3) is 5.91 Å². The van der Waals surface area contributed by atoms with E-state index in [1.54, 1.807) is 13.2 Å². The third-order valence-corrected chi connectivity index (χ3v) is 2.88. The fraction of sp³-hybridized carbons (Fsp3) is 0.385. The second-order valence-corrected chi connectivity index (χ2v) is 4.10. The molecule has 98 valence electrons. The third kappa shape index (κ3) is 2.80. The largest absolute Gasteiger partial charge is 0.496 e. The predicted octanol–water partition coefficient (Wildman–Crippen LogP) is 1.43. The Kier molecular flexibility index (Phi) is 4.31. The number of benzene rings is 1. The Bertz CT molecular complexity index is 494. The molecule has 1 aromatic rings. The second-order valence-electron chi connectivity index (χ2n) is 4.10. The van der Waals surface area contributed by atoms with Crippen LogP contribution in [-0.4, -0.2) is 30.6 Å². The van der Waals surface area contributed by atoms with E-state index in [0.717, 1.165) is 22.4 Å². The predicted molar refractivity (Wildman–Crippen MR) is 67.2 cm³/mol. The number of aliphatic carboxylic acids is 1. The van der Waals surface area contributed by atoms with E-state index in [9.17, 15) is 9.59 Å². The van der Waals surface area contributed by atoms with Crippen LogP contribution in [0.4, 0.5) is 0 Å². The summed E-state index contributed by atoms with van der Waals surface area (Å²) in [5.41, 5.74) is 3.01. The van der Waals surface area contributed by atoms with Crippen molar-refractivity contribution in [3.05, 3.63) is 28.3 Å². The van der Waals surface area contributed by atoms with Gasteiger partial charge in [-0.25, -0.2) is 0 Å². The number of ether oxygens (including phenoxy) is 1. The van der Waals surface area contributed by atoms with Crippen LogP contribution in [0.2, 0.25) is 0 Å². The molecule has 0 saturated heterocycles. The Balaban J connectivity index is 3.11. The number of carbonyl (C=O) groups is 2. The summed E-state index contributed by atoms with van der Waals surface area (Å²) in [7, 11) is 1.58. The number of amides is 1. The van der Waals surface area contributed by atoms with Crippen LogP contribution in [-0.2, 0) is 4.79 Å². The van der Waals surface area contributed by atoms with Crippen LogP contribution in [0.15, 0.2) is 6.07 Å². The number of hydrogen-bond acceptors (Lipinski definition) is 3. The molecule has 0 unspecified atom stereocenters. The van der Waals surface area contributed by atoms with E-state index in [1.165, 1.54) is 0 Å². The number of hydrogen-bond donors (Lipinski definition) is 2. The highest BCUT2D eigenvalue weighted by Crippen LogP contribution is 2.28. The molecule has 0 radical (unpaired) electrons. The Morgan fingerprint density at radius 3 is 2.39 bits per heavy atom. The molecule has 5 heteroatoms. The number of carboxylic acid groups (broad SMARTS) is 1. The van der Waals surface area contributed by atoms with Gasteiger partial charge in [0.15, 0.2) is 0 Å². The molecule has 18 heavy (non-hydrogen) atoms. The first-order valence-electron chi connectivity index (χ1n) is 5.53. The first-order chi connectivity index (χ1) is 8.38. The zero-order chi connectivity index (χ0) is 13.9. The number of rotatable bonds is 4. The molecule has 0 aliphatic carbocycles. The van der Waals surface area contributed by atoms with Crippen molar-refractivity contribution in [3.63, 3.8) is 0 Å². The van der Waals surface area contributed by atoms with Crippen molar-refractivity contribution in [2.24, 2.45) is 0 Å². The van der Waals surface area contributed by atoms with Crippen LogP contribution >= 0.6 is 0 Å². The van der Waals surface area contributed by atoms with E-state index in [-0.39, 0.29) is 12.5 Å². The lowest BCUT2D eigenvalue weighted by atomic mass is 9.98. The van der Waals surface area contributed by atoms with Crippen LogP contribution in [0.5, 0.6) is 5.75 Å². The lowest BCUT2D eigenvalue weighted by Gasteiger charge is -2.15. The molecule has 0 atom stereocenters. The Hall–Kier alpha value is -2.04. The topological polar surface area (TPSA) is 75.6 Å². The SMILES string of the molecule is COc1c(C)cc(C(=O)NCC(=O)O)c(C)c1C. The highest BCUT2D eigenvalue weighted by Gasteiger charge is 2.16. The van der Waals surface area contributed by atoms with Gasteiger partial charge in [-0.1, -0.05) is 0 Å². The molecule has 0 aromatic heterocycles. The van der Waals surface area contributed by atoms with Gasteiger partial charge >= 0.3 is 5.97 Å². The number of aryl methyl sites for hydroxylation is 1. The van der Waals surface area contributed by atoms with E-state index < -0.39 is 5.97 Å². The lowest BCUT2D eigenvalue weighted by Crippen LogP contribution is -2.30. The van der Waals surface area contributed by atoms with E-state index in [0.29, 0.717) is 5.56 Å². The van der Waals surface area contributed by atoms with Gasteiger partial charge in [-0.15, -0.1) is 0 Å². The quantitative estimate of drug-likeness (QED) is 0.849. The summed E-state index contributed by atoms with van der Waals surface area (Å²) < 4.78 is 5.26. The summed E-state index contributed by atoms with van der Waals surface area (Å²) in [6.45, 7) is 5.14. The van der Waals surface area contributed by atoms with Crippen molar-refractivity contribution >= 4 is 11.9 Å². The number of nitrogens with one attached hydrogen (secondary N) is 1. The maximum Gasteiger partial charge on any atom is 0.322 e. The molecule has 1 aromatic carbocycles. The first-order valence-corrected chi connectivity index (χ1v) is 5.53. The zero-order valence-electron chi connectivity index (χ0n) is 11.0. The number of carbonyl (C=O) groups excluding carboxylic acids is 1. The molecule has 2 N–H and O–H groups in total. The Morgan fingerprint density at radius 1 is 1.28 bits per heavy atom. The normalized spacial score (nSPS) is 10.0. The van der Waals surface area contributed by atoms with Gasteiger partial charge in [-0.2, -0.15) is 0 Å². The maximum atomic E-state index is 11.9. The molecule has 0 fully saturated rings. The van der Waals surface area contributed by atoms with Crippen molar-refractivity contribution < 1.29 is 19.4 Å². The molecule has 0 bridgehead atoms. The average molecular weight is 251 g/mol. The summed E-state index contributed by atoms with van der Waals surface area (Å²) in [5.74, 6) is -0.700. The minimum absolute atomic E-state index is 0.385. The van der Waals surface area contributed by atoms with E-state index in [2.05, 4.69) is 5.32 Å². The smallest absolute Gasteiger partial charge is 0.322 e. The van der Waals surface area contributed by atoms with Crippen LogP contribution in [0.25, 0.3) is 0 Å². The van der Waals surface area contributed by atoms with Gasteiger partial charge < -0.3 is 15.2 Å². The van der Waals surface area contributed by atoms with E-state index >= 15 is 0 Å². The van der Waals surface area contributed by atoms with Crippen LogP contribution in [0.3, 0.4) is 0 Å². The molecular formula is C13H17NO4. The monoisotopic (exact) mass is 251 g/mol. The minimum Gasteiger partial charge on any atom is -0.496 e. The van der Waals surface area contributed by atoms with E-state index in [4.69, 9.17) is 9.84 Å². The highest BCUT2D eigenvalue weighted by molar-refractivity contribution is 5.97. The summed E-state index contributed by atoms with van der Waals surface area (Å²) in [6, 6.07) is 1.71. The number of methoxy groups -OCH3 is 1. The molecule has 0 aliphatic rings. The molecule has 0 heterocycles. The van der Waals surface area contributed by atoms with Crippen LogP contribution in [0.1, 0.15) is 27.0 Å². The van der Waals surface area contributed by atoms with Gasteiger partial charge in [-0.3, -0.25) is 9.59 Å². The van der Waals surface area contributed by atoms with Gasteiger partial charge in [0, 0.05) is 5.56 Å². The van der Waals surface area contributed by atoms with Crippen molar-refractivity contribution in [3.8, 4) is 5.75 Å². The zero-order valence-corrected chi connectivity index (χ0v) is 11.0. The van der Waals surface area contributed by atoms with Crippen molar-refractivity contribution in [1.29, 1.82) is 0 Å². The molecule has 0 saturated carbocycles. The van der Waals surface area contributed by atoms with Crippen LogP contribution in [0, 0.1) is 20.8 Å². The van der Waals surface area contributed by atoms with Crippen molar-refractivity contribution in [1.82, 2.24) is 5.32 Å². The lowest BCUT2D eigenvalue weighted by molar-refractivity contribution is -0.135. The minimum atomic E-state index is -1.07. The van der Waals surface area contributed by atoms with Crippen molar-refractivity contribution in [2.45, 2.75) is 20.8 Å². The van der Waals surface area contributed by atoms with Gasteiger partial charge in [0.2, 0.25) is 0 Å². The number of carboxylic acids is 1. The standard InChI is InChI=1S/C13H17NO4/c1-7-5-10(13(17)14-6-11(15)16)8(2)9(3)12(7)18-4/h5H,6H2,1-4H3,(H,14,17)(H,15,16). The van der Waals surface area contributed by atoms with Gasteiger partial charge in [0.1, 0.15) is 12.3 Å². The van der Waals surface area contributed by atoms with Gasteiger partial charge in [0.05, 0.1) is 7.11 Å². The fourth-order valence-electron chi connectivity index (χ4n) is 1.86. The molecule has 0 aliphatic heterocycles. The summed E-state index contributed by atoms with van der Waals surface area (Å²) in [5, 5.41) is 10.9. The van der Waals surface area contributed by atoms with Gasteiger partial charge in [-0.05, 0) is 43.5 Å². The second kappa shape index (κ2) is 5.53. The Labute approximate surface area is 106 Å². The summed E-state index contributed by atoms with van der Waals surface area (Å²) in [6.07, 6.45) is 0. The molecule has 1 amide bonds. The summed E-state index contributed by atoms with van der Waals surface area (Å²) >= 11 is 0. The van der Waals surface area contributed by atoms with Crippen LogP contribution < -0.4 is 10.1 Å². The molecule has 1 rings (SSSR count). The molecule has 5 nitrogen and oxygen atoms in total.